The van der Waals surface area contributed by atoms with Crippen LogP contribution in [-0.2, 0) is 4.79 Å². The zero-order valence-electron chi connectivity index (χ0n) is 10.7. The average Bonchev–Trinajstić information content (AvgIpc) is 2.15. The first-order valence-electron chi connectivity index (χ1n) is 5.93. The zero-order chi connectivity index (χ0) is 12.0. The Hall–Kier alpha value is -0.570. The largest absolute Gasteiger partial charge is 0.354 e. The molecule has 3 nitrogen and oxygen atoms in total. The minimum absolute atomic E-state index is 0.0243. The third-order valence-electron chi connectivity index (χ3n) is 3.00. The molecular weight excluding hydrogens is 188 g/mol. The molecule has 0 saturated heterocycles. The van der Waals surface area contributed by atoms with Gasteiger partial charge in [-0.25, -0.2) is 0 Å². The molecule has 0 heterocycles. The lowest BCUT2D eigenvalue weighted by atomic mass is 9.85. The first-order chi connectivity index (χ1) is 6.90. The van der Waals surface area contributed by atoms with Crippen LogP contribution in [0.4, 0.5) is 0 Å². The number of amides is 1. The second-order valence-electron chi connectivity index (χ2n) is 4.91. The van der Waals surface area contributed by atoms with Gasteiger partial charge >= 0.3 is 0 Å². The van der Waals surface area contributed by atoms with Gasteiger partial charge in [-0.05, 0) is 24.2 Å². The van der Waals surface area contributed by atoms with Crippen molar-refractivity contribution >= 4 is 5.91 Å². The van der Waals surface area contributed by atoms with E-state index in [0.29, 0.717) is 24.2 Å². The van der Waals surface area contributed by atoms with Gasteiger partial charge in [0, 0.05) is 6.54 Å². The fraction of sp³-hybridized carbons (Fsp3) is 0.917. The molecule has 0 rings (SSSR count). The second-order valence-corrected chi connectivity index (χ2v) is 4.91. The second kappa shape index (κ2) is 6.83. The van der Waals surface area contributed by atoms with Gasteiger partial charge in [0.05, 0.1) is 6.04 Å². The molecule has 0 spiro atoms. The SMILES string of the molecule is CCC(N)C(=O)NCC(C(C)C)C(C)C. The topological polar surface area (TPSA) is 55.1 Å². The Bertz CT molecular complexity index is 182. The minimum Gasteiger partial charge on any atom is -0.354 e. The van der Waals surface area contributed by atoms with Crippen LogP contribution in [0.2, 0.25) is 0 Å². The lowest BCUT2D eigenvalue weighted by molar-refractivity contribution is -0.122. The third-order valence-corrected chi connectivity index (χ3v) is 3.00. The molecule has 0 aliphatic rings. The Labute approximate surface area is 93.8 Å². The molecule has 15 heavy (non-hydrogen) atoms. The molecule has 0 aliphatic heterocycles. The maximum Gasteiger partial charge on any atom is 0.236 e. The van der Waals surface area contributed by atoms with Crippen molar-refractivity contribution in [1.29, 1.82) is 0 Å². The Morgan fingerprint density at radius 3 is 2.00 bits per heavy atom. The van der Waals surface area contributed by atoms with E-state index in [9.17, 15) is 4.79 Å². The van der Waals surface area contributed by atoms with Crippen LogP contribution in [0.5, 0.6) is 0 Å². The molecule has 0 bridgehead atoms. The van der Waals surface area contributed by atoms with Gasteiger partial charge in [-0.15, -0.1) is 0 Å². The third kappa shape index (κ3) is 5.17. The minimum atomic E-state index is -0.357. The highest BCUT2D eigenvalue weighted by Crippen LogP contribution is 2.19. The van der Waals surface area contributed by atoms with Crippen LogP contribution in [0, 0.1) is 17.8 Å². The van der Waals surface area contributed by atoms with Crippen molar-refractivity contribution in [3.63, 3.8) is 0 Å². The standard InChI is InChI=1S/C12H26N2O/c1-6-11(13)12(15)14-7-10(8(2)3)9(4)5/h8-11H,6-7,13H2,1-5H3,(H,14,15). The highest BCUT2D eigenvalue weighted by Gasteiger charge is 2.19. The van der Waals surface area contributed by atoms with E-state index < -0.39 is 0 Å². The van der Waals surface area contributed by atoms with E-state index in [1.165, 1.54) is 0 Å². The van der Waals surface area contributed by atoms with Crippen LogP contribution in [0.15, 0.2) is 0 Å². The first-order valence-corrected chi connectivity index (χ1v) is 5.93. The summed E-state index contributed by atoms with van der Waals surface area (Å²) in [6, 6.07) is -0.357. The Morgan fingerprint density at radius 2 is 1.67 bits per heavy atom. The zero-order valence-corrected chi connectivity index (χ0v) is 10.7. The highest BCUT2D eigenvalue weighted by atomic mass is 16.2. The Morgan fingerprint density at radius 1 is 1.20 bits per heavy atom. The molecule has 0 aromatic rings. The number of rotatable bonds is 6. The van der Waals surface area contributed by atoms with E-state index in [4.69, 9.17) is 5.73 Å². The molecular formula is C12H26N2O. The van der Waals surface area contributed by atoms with E-state index in [1.807, 2.05) is 6.92 Å². The summed E-state index contributed by atoms with van der Waals surface area (Å²) in [5.74, 6) is 1.67. The number of carbonyl (C=O) groups is 1. The number of hydrogen-bond donors (Lipinski definition) is 2. The maximum absolute atomic E-state index is 11.5. The molecule has 3 N–H and O–H groups in total. The summed E-state index contributed by atoms with van der Waals surface area (Å²) in [5.41, 5.74) is 5.64. The summed E-state index contributed by atoms with van der Waals surface area (Å²) < 4.78 is 0. The van der Waals surface area contributed by atoms with Crippen molar-refractivity contribution in [2.24, 2.45) is 23.5 Å². The molecule has 0 fully saturated rings. The van der Waals surface area contributed by atoms with Gasteiger partial charge in [0.2, 0.25) is 5.91 Å². The van der Waals surface area contributed by atoms with Crippen LogP contribution in [0.1, 0.15) is 41.0 Å². The Kier molecular flexibility index (Phi) is 6.57. The fourth-order valence-corrected chi connectivity index (χ4v) is 1.78. The monoisotopic (exact) mass is 214 g/mol. The predicted molar refractivity (Wildman–Crippen MR) is 64.4 cm³/mol. The smallest absolute Gasteiger partial charge is 0.236 e. The first kappa shape index (κ1) is 14.4. The van der Waals surface area contributed by atoms with Gasteiger partial charge in [-0.1, -0.05) is 34.6 Å². The average molecular weight is 214 g/mol. The molecule has 1 unspecified atom stereocenters. The van der Waals surface area contributed by atoms with Crippen molar-refractivity contribution in [2.45, 2.75) is 47.1 Å². The number of hydrogen-bond acceptors (Lipinski definition) is 2. The van der Waals surface area contributed by atoms with Crippen molar-refractivity contribution < 1.29 is 4.79 Å². The summed E-state index contributed by atoms with van der Waals surface area (Å²) in [6.45, 7) is 11.4. The van der Waals surface area contributed by atoms with Crippen LogP contribution in [-0.4, -0.2) is 18.5 Å². The number of nitrogens with one attached hydrogen (secondary N) is 1. The Balaban J connectivity index is 4.05. The summed E-state index contributed by atoms with van der Waals surface area (Å²) in [4.78, 5) is 11.5. The molecule has 0 aromatic carbocycles. The molecule has 3 heteroatoms. The van der Waals surface area contributed by atoms with Gasteiger partial charge in [-0.2, -0.15) is 0 Å². The van der Waals surface area contributed by atoms with E-state index in [2.05, 4.69) is 33.0 Å². The molecule has 0 radical (unpaired) electrons. The summed E-state index contributed by atoms with van der Waals surface area (Å²) in [7, 11) is 0. The maximum atomic E-state index is 11.5. The molecule has 0 saturated carbocycles. The van der Waals surface area contributed by atoms with Gasteiger partial charge in [0.1, 0.15) is 0 Å². The van der Waals surface area contributed by atoms with E-state index >= 15 is 0 Å². The summed E-state index contributed by atoms with van der Waals surface area (Å²) in [6.07, 6.45) is 0.694. The molecule has 90 valence electrons. The number of carbonyl (C=O) groups excluding carboxylic acids is 1. The summed E-state index contributed by atoms with van der Waals surface area (Å²) >= 11 is 0. The number of nitrogens with two attached hydrogens (primary N) is 1. The van der Waals surface area contributed by atoms with E-state index in [-0.39, 0.29) is 11.9 Å². The van der Waals surface area contributed by atoms with Gasteiger partial charge in [0.15, 0.2) is 0 Å². The van der Waals surface area contributed by atoms with Crippen LogP contribution in [0.3, 0.4) is 0 Å². The molecule has 1 atom stereocenters. The fourth-order valence-electron chi connectivity index (χ4n) is 1.78. The normalized spacial score (nSPS) is 13.7. The quantitative estimate of drug-likeness (QED) is 0.708. The van der Waals surface area contributed by atoms with Crippen LogP contribution in [0.25, 0.3) is 0 Å². The van der Waals surface area contributed by atoms with Gasteiger partial charge in [-0.3, -0.25) is 4.79 Å². The molecule has 0 aromatic heterocycles. The van der Waals surface area contributed by atoms with Crippen molar-refractivity contribution in [2.75, 3.05) is 6.54 Å². The van der Waals surface area contributed by atoms with Gasteiger partial charge in [0.25, 0.3) is 0 Å². The van der Waals surface area contributed by atoms with Crippen molar-refractivity contribution in [3.05, 3.63) is 0 Å². The lowest BCUT2D eigenvalue weighted by Crippen LogP contribution is -2.43. The molecule has 0 aliphatic carbocycles. The predicted octanol–water partition coefficient (Wildman–Crippen LogP) is 1.77. The van der Waals surface area contributed by atoms with Gasteiger partial charge < -0.3 is 11.1 Å². The summed E-state index contributed by atoms with van der Waals surface area (Å²) in [5, 5.41) is 2.93. The van der Waals surface area contributed by atoms with E-state index in [1.54, 1.807) is 0 Å². The molecule has 1 amide bonds. The highest BCUT2D eigenvalue weighted by molar-refractivity contribution is 5.81. The van der Waals surface area contributed by atoms with Crippen molar-refractivity contribution in [3.8, 4) is 0 Å². The van der Waals surface area contributed by atoms with E-state index in [0.717, 1.165) is 6.54 Å². The van der Waals surface area contributed by atoms with Crippen molar-refractivity contribution in [1.82, 2.24) is 5.32 Å². The lowest BCUT2D eigenvalue weighted by Gasteiger charge is -2.25. The van der Waals surface area contributed by atoms with Crippen LogP contribution >= 0.6 is 0 Å². The van der Waals surface area contributed by atoms with Crippen LogP contribution < -0.4 is 11.1 Å².